The van der Waals surface area contributed by atoms with E-state index in [1.54, 1.807) is 0 Å². The molecule has 1 aliphatic rings. The molecule has 1 fully saturated rings. The van der Waals surface area contributed by atoms with Crippen molar-refractivity contribution >= 4 is 10.8 Å². The molecule has 19 heavy (non-hydrogen) atoms. The van der Waals surface area contributed by atoms with Crippen molar-refractivity contribution in [1.82, 2.24) is 0 Å². The van der Waals surface area contributed by atoms with Crippen molar-refractivity contribution in [1.29, 1.82) is 0 Å². The van der Waals surface area contributed by atoms with Gasteiger partial charge in [0.05, 0.1) is 0 Å². The van der Waals surface area contributed by atoms with E-state index in [9.17, 15) is 0 Å². The largest absolute Gasteiger partial charge is 0.488 e. The van der Waals surface area contributed by atoms with Crippen LogP contribution in [-0.2, 0) is 4.74 Å². The molecule has 100 valence electrons. The molecule has 3 heteroatoms. The zero-order valence-corrected chi connectivity index (χ0v) is 11.1. The third kappa shape index (κ3) is 2.44. The van der Waals surface area contributed by atoms with Gasteiger partial charge in [0.15, 0.2) is 0 Å². The van der Waals surface area contributed by atoms with Gasteiger partial charge in [0, 0.05) is 19.1 Å². The van der Waals surface area contributed by atoms with E-state index in [4.69, 9.17) is 15.2 Å². The Hall–Kier alpha value is -1.58. The van der Waals surface area contributed by atoms with E-state index in [1.165, 1.54) is 10.8 Å². The summed E-state index contributed by atoms with van der Waals surface area (Å²) in [7, 11) is 0. The van der Waals surface area contributed by atoms with Gasteiger partial charge in [-0.1, -0.05) is 30.3 Å². The van der Waals surface area contributed by atoms with E-state index in [0.29, 0.717) is 6.61 Å². The Morgan fingerprint density at radius 3 is 2.68 bits per heavy atom. The zero-order chi connectivity index (χ0) is 13.2. The van der Waals surface area contributed by atoms with Crippen LogP contribution < -0.4 is 10.5 Å². The minimum atomic E-state index is 0.0245. The van der Waals surface area contributed by atoms with Crippen molar-refractivity contribution in [2.45, 2.75) is 31.6 Å². The van der Waals surface area contributed by atoms with E-state index in [0.717, 1.165) is 12.2 Å². The Morgan fingerprint density at radius 2 is 1.95 bits per heavy atom. The molecule has 3 rings (SSSR count). The summed E-state index contributed by atoms with van der Waals surface area (Å²) in [6.45, 7) is 2.66. The molecule has 2 aromatic rings. The second-order valence-corrected chi connectivity index (χ2v) is 4.98. The lowest BCUT2D eigenvalue weighted by Gasteiger charge is -2.41. The van der Waals surface area contributed by atoms with Gasteiger partial charge in [-0.05, 0) is 29.8 Å². The van der Waals surface area contributed by atoms with Gasteiger partial charge in [-0.25, -0.2) is 0 Å². The van der Waals surface area contributed by atoms with E-state index in [2.05, 4.69) is 24.3 Å². The predicted octanol–water partition coefficient (Wildman–Crippen LogP) is 2.72. The minimum Gasteiger partial charge on any atom is -0.488 e. The summed E-state index contributed by atoms with van der Waals surface area (Å²) in [6, 6.07) is 14.5. The summed E-state index contributed by atoms with van der Waals surface area (Å²) in [5.74, 6) is 0.889. The number of hydrogen-bond acceptors (Lipinski definition) is 3. The molecule has 0 bridgehead atoms. The molecule has 2 N–H and O–H groups in total. The summed E-state index contributed by atoms with van der Waals surface area (Å²) in [5.41, 5.74) is 5.94. The third-order valence-electron chi connectivity index (χ3n) is 3.66. The van der Waals surface area contributed by atoms with Crippen LogP contribution in [0.4, 0.5) is 0 Å². The molecule has 0 saturated heterocycles. The van der Waals surface area contributed by atoms with Crippen LogP contribution in [0, 0.1) is 0 Å². The standard InChI is InChI=1S/C16H19NO2/c1-2-18-16-14(17)10-15(16)19-13-8-7-11-5-3-4-6-12(11)9-13/h3-9,14-16H,2,10,17H2,1H3. The maximum Gasteiger partial charge on any atom is 0.128 e. The molecule has 0 aliphatic heterocycles. The van der Waals surface area contributed by atoms with Crippen LogP contribution in [0.5, 0.6) is 5.75 Å². The molecule has 0 amide bonds. The molecule has 0 spiro atoms. The van der Waals surface area contributed by atoms with E-state index >= 15 is 0 Å². The number of ether oxygens (including phenoxy) is 2. The number of nitrogens with two attached hydrogens (primary N) is 1. The second-order valence-electron chi connectivity index (χ2n) is 4.98. The quantitative estimate of drug-likeness (QED) is 0.916. The molecule has 1 saturated carbocycles. The minimum absolute atomic E-state index is 0.0245. The monoisotopic (exact) mass is 257 g/mol. The fraction of sp³-hybridized carbons (Fsp3) is 0.375. The molecule has 3 unspecified atom stereocenters. The van der Waals surface area contributed by atoms with Crippen LogP contribution in [0.25, 0.3) is 10.8 Å². The van der Waals surface area contributed by atoms with Crippen molar-refractivity contribution in [3.05, 3.63) is 42.5 Å². The van der Waals surface area contributed by atoms with Gasteiger partial charge in [0.1, 0.15) is 18.0 Å². The molecule has 0 aromatic heterocycles. The normalized spacial score (nSPS) is 26.1. The summed E-state index contributed by atoms with van der Waals surface area (Å²) in [4.78, 5) is 0. The zero-order valence-electron chi connectivity index (χ0n) is 11.1. The van der Waals surface area contributed by atoms with Gasteiger partial charge in [-0.2, -0.15) is 0 Å². The number of fused-ring (bicyclic) bond motifs is 1. The highest BCUT2D eigenvalue weighted by atomic mass is 16.5. The molecule has 3 nitrogen and oxygen atoms in total. The highest BCUT2D eigenvalue weighted by Gasteiger charge is 2.41. The lowest BCUT2D eigenvalue weighted by atomic mass is 9.86. The number of hydrogen-bond donors (Lipinski definition) is 1. The summed E-state index contributed by atoms with van der Waals surface area (Å²) >= 11 is 0. The average molecular weight is 257 g/mol. The van der Waals surface area contributed by atoms with Crippen LogP contribution >= 0.6 is 0 Å². The summed E-state index contributed by atoms with van der Waals surface area (Å²) in [5, 5.41) is 2.41. The summed E-state index contributed by atoms with van der Waals surface area (Å²) in [6.07, 6.45) is 0.963. The van der Waals surface area contributed by atoms with Gasteiger partial charge >= 0.3 is 0 Å². The van der Waals surface area contributed by atoms with Gasteiger partial charge in [-0.15, -0.1) is 0 Å². The Balaban J connectivity index is 1.75. The highest BCUT2D eigenvalue weighted by molar-refractivity contribution is 5.83. The van der Waals surface area contributed by atoms with E-state index in [-0.39, 0.29) is 18.2 Å². The fourth-order valence-electron chi connectivity index (χ4n) is 2.57. The Bertz CT molecular complexity index is 569. The van der Waals surface area contributed by atoms with Crippen molar-refractivity contribution in [3.8, 4) is 5.75 Å². The molecule has 2 aromatic carbocycles. The van der Waals surface area contributed by atoms with Crippen molar-refractivity contribution in [2.24, 2.45) is 5.73 Å². The van der Waals surface area contributed by atoms with E-state index < -0.39 is 0 Å². The van der Waals surface area contributed by atoms with E-state index in [1.807, 2.05) is 25.1 Å². The topological polar surface area (TPSA) is 44.5 Å². The predicted molar refractivity (Wildman–Crippen MR) is 76.4 cm³/mol. The van der Waals surface area contributed by atoms with Crippen LogP contribution in [-0.4, -0.2) is 24.9 Å². The Kier molecular flexibility index (Phi) is 3.40. The lowest BCUT2D eigenvalue weighted by Crippen LogP contribution is -2.59. The van der Waals surface area contributed by atoms with Crippen molar-refractivity contribution in [3.63, 3.8) is 0 Å². The van der Waals surface area contributed by atoms with Crippen LogP contribution in [0.3, 0.4) is 0 Å². The first-order valence-corrected chi connectivity index (χ1v) is 6.80. The molecule has 1 aliphatic carbocycles. The Morgan fingerprint density at radius 1 is 1.16 bits per heavy atom. The third-order valence-corrected chi connectivity index (χ3v) is 3.66. The van der Waals surface area contributed by atoms with Crippen LogP contribution in [0.1, 0.15) is 13.3 Å². The van der Waals surface area contributed by atoms with Crippen molar-refractivity contribution in [2.75, 3.05) is 6.61 Å². The van der Waals surface area contributed by atoms with Crippen molar-refractivity contribution < 1.29 is 9.47 Å². The summed E-state index contributed by atoms with van der Waals surface area (Å²) < 4.78 is 11.6. The maximum atomic E-state index is 5.99. The first-order chi connectivity index (χ1) is 9.28. The van der Waals surface area contributed by atoms with Gasteiger partial charge in [0.25, 0.3) is 0 Å². The van der Waals surface area contributed by atoms with Gasteiger partial charge in [0.2, 0.25) is 0 Å². The maximum absolute atomic E-state index is 5.99. The SMILES string of the molecule is CCOC1C(N)CC1Oc1ccc2ccccc2c1. The average Bonchev–Trinajstić information content (AvgIpc) is 2.44. The molecular weight excluding hydrogens is 238 g/mol. The molecular formula is C16H19NO2. The lowest BCUT2D eigenvalue weighted by molar-refractivity contribution is -0.0945. The number of rotatable bonds is 4. The highest BCUT2D eigenvalue weighted by Crippen LogP contribution is 2.29. The molecule has 0 radical (unpaired) electrons. The first-order valence-electron chi connectivity index (χ1n) is 6.80. The first kappa shape index (κ1) is 12.5. The van der Waals surface area contributed by atoms with Gasteiger partial charge < -0.3 is 15.2 Å². The van der Waals surface area contributed by atoms with Crippen LogP contribution in [0.2, 0.25) is 0 Å². The Labute approximate surface area is 113 Å². The van der Waals surface area contributed by atoms with Gasteiger partial charge in [-0.3, -0.25) is 0 Å². The van der Waals surface area contributed by atoms with Crippen LogP contribution in [0.15, 0.2) is 42.5 Å². The number of benzene rings is 2. The molecule has 0 heterocycles. The second kappa shape index (κ2) is 5.19. The smallest absolute Gasteiger partial charge is 0.128 e. The fourth-order valence-corrected chi connectivity index (χ4v) is 2.57. The molecule has 3 atom stereocenters.